The number of hydrogen-bond acceptors (Lipinski definition) is 4. The Morgan fingerprint density at radius 3 is 2.63 bits per heavy atom. The fraction of sp³-hybridized carbons (Fsp3) is 0.188. The van der Waals surface area contributed by atoms with Crippen molar-refractivity contribution in [2.75, 3.05) is 5.32 Å². The quantitative estimate of drug-likeness (QED) is 0.304. The van der Waals surface area contributed by atoms with Gasteiger partial charge in [-0.1, -0.05) is 6.07 Å². The van der Waals surface area contributed by atoms with Crippen LogP contribution >= 0.6 is 34.2 Å². The van der Waals surface area contributed by atoms with E-state index < -0.39 is 17.7 Å². The van der Waals surface area contributed by atoms with Gasteiger partial charge in [0.15, 0.2) is 5.69 Å². The van der Waals surface area contributed by atoms with Crippen LogP contribution in [-0.2, 0) is 12.7 Å². The molecule has 0 saturated heterocycles. The molecule has 1 aromatic carbocycles. The maximum atomic E-state index is 14.5. The van der Waals surface area contributed by atoms with E-state index in [2.05, 4.69) is 20.4 Å². The van der Waals surface area contributed by atoms with Crippen LogP contribution in [-0.4, -0.2) is 19.7 Å². The fourth-order valence-corrected chi connectivity index (χ4v) is 2.93. The number of anilines is 1. The largest absolute Gasteiger partial charge is 0.435 e. The third kappa shape index (κ3) is 4.49. The van der Waals surface area contributed by atoms with Crippen LogP contribution in [0.25, 0.3) is 5.69 Å². The van der Waals surface area contributed by atoms with Gasteiger partial charge in [0.2, 0.25) is 5.28 Å². The van der Waals surface area contributed by atoms with Crippen LogP contribution in [0, 0.1) is 16.3 Å². The molecule has 0 unspecified atom stereocenters. The number of aryl methyl sites for hydroxylation is 1. The maximum absolute atomic E-state index is 14.5. The van der Waals surface area contributed by atoms with Crippen molar-refractivity contribution in [2.45, 2.75) is 19.6 Å². The Hall–Kier alpha value is -1.95. The molecule has 3 rings (SSSR count). The SMILES string of the molecule is Cc1cc(C(F)(F)F)nn1-c1ccc(CNc2nc(Cl)ncc2I)cc1F. The normalized spacial score (nSPS) is 11.7. The van der Waals surface area contributed by atoms with E-state index in [0.717, 1.165) is 14.3 Å². The molecule has 0 amide bonds. The molecule has 0 fully saturated rings. The summed E-state index contributed by atoms with van der Waals surface area (Å²) in [6.45, 7) is 1.67. The molecule has 2 aromatic heterocycles. The summed E-state index contributed by atoms with van der Waals surface area (Å²) in [6, 6.07) is 5.07. The molecule has 0 aliphatic carbocycles. The zero-order chi connectivity index (χ0) is 19.8. The lowest BCUT2D eigenvalue weighted by atomic mass is 10.2. The van der Waals surface area contributed by atoms with Gasteiger partial charge in [-0.15, -0.1) is 0 Å². The summed E-state index contributed by atoms with van der Waals surface area (Å²) >= 11 is 7.77. The van der Waals surface area contributed by atoms with E-state index in [1.165, 1.54) is 19.1 Å². The highest BCUT2D eigenvalue weighted by molar-refractivity contribution is 14.1. The van der Waals surface area contributed by atoms with Crippen molar-refractivity contribution >= 4 is 40.0 Å². The van der Waals surface area contributed by atoms with Crippen molar-refractivity contribution in [3.8, 4) is 5.69 Å². The molecule has 27 heavy (non-hydrogen) atoms. The molecule has 0 bridgehead atoms. The third-order valence-electron chi connectivity index (χ3n) is 3.59. The summed E-state index contributed by atoms with van der Waals surface area (Å²) < 4.78 is 54.5. The van der Waals surface area contributed by atoms with E-state index in [9.17, 15) is 17.6 Å². The van der Waals surface area contributed by atoms with Gasteiger partial charge >= 0.3 is 6.18 Å². The summed E-state index contributed by atoms with van der Waals surface area (Å²) in [5.74, 6) is -0.192. The predicted octanol–water partition coefficient (Wildman–Crippen LogP) is 5.00. The zero-order valence-electron chi connectivity index (χ0n) is 13.7. The van der Waals surface area contributed by atoms with Crippen LogP contribution in [0.15, 0.2) is 30.5 Å². The van der Waals surface area contributed by atoms with E-state index in [-0.39, 0.29) is 23.2 Å². The number of nitrogens with one attached hydrogen (secondary N) is 1. The number of halogens is 6. The van der Waals surface area contributed by atoms with Gasteiger partial charge in [-0.3, -0.25) is 0 Å². The number of alkyl halides is 3. The topological polar surface area (TPSA) is 55.6 Å². The molecular formula is C16H11ClF4IN5. The molecule has 1 N–H and O–H groups in total. The monoisotopic (exact) mass is 511 g/mol. The highest BCUT2D eigenvalue weighted by Gasteiger charge is 2.34. The first kappa shape index (κ1) is 19.8. The first-order valence-corrected chi connectivity index (χ1v) is 8.95. The van der Waals surface area contributed by atoms with E-state index in [1.54, 1.807) is 12.3 Å². The summed E-state index contributed by atoms with van der Waals surface area (Å²) in [4.78, 5) is 7.87. The van der Waals surface area contributed by atoms with Crippen molar-refractivity contribution in [3.05, 3.63) is 62.1 Å². The van der Waals surface area contributed by atoms with Gasteiger partial charge in [-0.25, -0.2) is 14.1 Å². The van der Waals surface area contributed by atoms with Crippen LogP contribution in [0.1, 0.15) is 17.0 Å². The lowest BCUT2D eigenvalue weighted by Gasteiger charge is -2.10. The van der Waals surface area contributed by atoms with E-state index >= 15 is 0 Å². The molecule has 0 atom stereocenters. The van der Waals surface area contributed by atoms with Crippen molar-refractivity contribution in [1.82, 2.24) is 19.7 Å². The number of aromatic nitrogens is 4. The first-order valence-electron chi connectivity index (χ1n) is 7.49. The van der Waals surface area contributed by atoms with Crippen LogP contribution in [0.2, 0.25) is 5.28 Å². The predicted molar refractivity (Wildman–Crippen MR) is 100 cm³/mol. The van der Waals surface area contributed by atoms with Crippen molar-refractivity contribution in [1.29, 1.82) is 0 Å². The molecule has 0 saturated carbocycles. The Morgan fingerprint density at radius 2 is 2.00 bits per heavy atom. The minimum atomic E-state index is -4.59. The first-order chi connectivity index (χ1) is 12.6. The molecule has 2 heterocycles. The Labute approximate surface area is 169 Å². The average Bonchev–Trinajstić information content (AvgIpc) is 2.98. The van der Waals surface area contributed by atoms with Gasteiger partial charge in [0, 0.05) is 18.4 Å². The molecular weight excluding hydrogens is 501 g/mol. The van der Waals surface area contributed by atoms with Gasteiger partial charge in [0.05, 0.1) is 3.57 Å². The van der Waals surface area contributed by atoms with Gasteiger partial charge in [-0.2, -0.15) is 23.3 Å². The highest BCUT2D eigenvalue weighted by Crippen LogP contribution is 2.30. The van der Waals surface area contributed by atoms with E-state index in [0.29, 0.717) is 11.4 Å². The minimum Gasteiger partial charge on any atom is -0.365 e. The number of nitrogens with zero attached hydrogens (tertiary/aromatic N) is 4. The van der Waals surface area contributed by atoms with Crippen molar-refractivity contribution < 1.29 is 17.6 Å². The van der Waals surface area contributed by atoms with Crippen LogP contribution in [0.3, 0.4) is 0 Å². The van der Waals surface area contributed by atoms with Gasteiger partial charge in [0.1, 0.15) is 17.3 Å². The van der Waals surface area contributed by atoms with Crippen molar-refractivity contribution in [3.63, 3.8) is 0 Å². The second-order valence-corrected chi connectivity index (χ2v) is 7.06. The summed E-state index contributed by atoms with van der Waals surface area (Å²) in [5, 5.41) is 6.55. The summed E-state index contributed by atoms with van der Waals surface area (Å²) in [6.07, 6.45) is -3.05. The van der Waals surface area contributed by atoms with E-state index in [1.807, 2.05) is 22.6 Å². The molecule has 3 aromatic rings. The van der Waals surface area contributed by atoms with Gasteiger partial charge in [0.25, 0.3) is 0 Å². The number of benzene rings is 1. The number of hydrogen-bond donors (Lipinski definition) is 1. The van der Waals surface area contributed by atoms with Gasteiger partial charge < -0.3 is 5.32 Å². The average molecular weight is 512 g/mol. The van der Waals surface area contributed by atoms with Crippen LogP contribution < -0.4 is 5.32 Å². The fourth-order valence-electron chi connectivity index (χ4n) is 2.34. The van der Waals surface area contributed by atoms with Gasteiger partial charge in [-0.05, 0) is 64.9 Å². The summed E-state index contributed by atoms with van der Waals surface area (Å²) in [7, 11) is 0. The Bertz CT molecular complexity index is 989. The summed E-state index contributed by atoms with van der Waals surface area (Å²) in [5.41, 5.74) is -0.383. The highest BCUT2D eigenvalue weighted by atomic mass is 127. The molecule has 0 aliphatic heterocycles. The third-order valence-corrected chi connectivity index (χ3v) is 4.56. The maximum Gasteiger partial charge on any atom is 0.435 e. The lowest BCUT2D eigenvalue weighted by molar-refractivity contribution is -0.141. The Balaban J connectivity index is 1.82. The zero-order valence-corrected chi connectivity index (χ0v) is 16.6. The standard InChI is InChI=1S/C16H11ClF4IN5/c1-8-4-13(16(19,20)21)26-27(8)12-3-2-9(5-10(12)18)6-23-14-11(22)7-24-15(17)25-14/h2-5,7H,6H2,1H3,(H,23,24,25). The Morgan fingerprint density at radius 1 is 1.26 bits per heavy atom. The Kier molecular flexibility index (Phi) is 5.56. The molecule has 0 spiro atoms. The smallest absolute Gasteiger partial charge is 0.365 e. The minimum absolute atomic E-state index is 0.0635. The molecule has 142 valence electrons. The molecule has 0 radical (unpaired) electrons. The second-order valence-electron chi connectivity index (χ2n) is 5.56. The molecule has 5 nitrogen and oxygen atoms in total. The second kappa shape index (κ2) is 7.58. The van der Waals surface area contributed by atoms with Crippen molar-refractivity contribution in [2.24, 2.45) is 0 Å². The van der Waals surface area contributed by atoms with E-state index in [4.69, 9.17) is 11.6 Å². The van der Waals surface area contributed by atoms with Crippen LogP contribution in [0.4, 0.5) is 23.4 Å². The lowest BCUT2D eigenvalue weighted by Crippen LogP contribution is -2.09. The van der Waals surface area contributed by atoms with Crippen LogP contribution in [0.5, 0.6) is 0 Å². The molecule has 0 aliphatic rings. The number of rotatable bonds is 4. The molecule has 11 heteroatoms.